The predicted molar refractivity (Wildman–Crippen MR) is 69.7 cm³/mol. The normalized spacial score (nSPS) is 28.9. The number of nitrogen functional groups attached to an aromatic ring is 1. The van der Waals surface area contributed by atoms with Gasteiger partial charge in [-0.2, -0.15) is 0 Å². The first-order chi connectivity index (χ1) is 8.13. The second kappa shape index (κ2) is 4.92. The highest BCUT2D eigenvalue weighted by Crippen LogP contribution is 2.34. The number of nitrogens with one attached hydrogen (secondary N) is 1. The zero-order chi connectivity index (χ0) is 12.3. The molecule has 1 aromatic rings. The van der Waals surface area contributed by atoms with Crippen molar-refractivity contribution in [1.82, 2.24) is 4.98 Å². The van der Waals surface area contributed by atoms with Crippen molar-refractivity contribution < 1.29 is 5.11 Å². The molecule has 1 fully saturated rings. The first-order valence-electron chi connectivity index (χ1n) is 6.24. The predicted octanol–water partition coefficient (Wildman–Crippen LogP) is 2.02. The summed E-state index contributed by atoms with van der Waals surface area (Å²) >= 11 is 0. The molecule has 0 aromatic carbocycles. The summed E-state index contributed by atoms with van der Waals surface area (Å²) in [4.78, 5) is 3.97. The third kappa shape index (κ3) is 2.88. The number of aliphatic hydroxyl groups excluding tert-OH is 1. The Bertz CT molecular complexity index is 373. The summed E-state index contributed by atoms with van der Waals surface area (Å²) < 4.78 is 0. The summed E-state index contributed by atoms with van der Waals surface area (Å²) in [5.74, 6) is 1.27. The Morgan fingerprint density at radius 3 is 2.82 bits per heavy atom. The van der Waals surface area contributed by atoms with Crippen LogP contribution in [0.15, 0.2) is 18.3 Å². The molecule has 1 aliphatic rings. The van der Waals surface area contributed by atoms with Crippen LogP contribution in [0, 0.1) is 5.92 Å². The van der Waals surface area contributed by atoms with E-state index in [1.165, 1.54) is 0 Å². The van der Waals surface area contributed by atoms with Gasteiger partial charge in [-0.15, -0.1) is 0 Å². The molecule has 0 spiro atoms. The molecular formula is C13H21N3O. The number of rotatable bonds is 3. The second-order valence-corrected chi connectivity index (χ2v) is 5.22. The van der Waals surface area contributed by atoms with Crippen molar-refractivity contribution in [1.29, 1.82) is 0 Å². The maximum atomic E-state index is 9.65. The Morgan fingerprint density at radius 2 is 2.24 bits per heavy atom. The molecule has 0 unspecified atom stereocenters. The minimum Gasteiger partial charge on any atom is -0.394 e. The monoisotopic (exact) mass is 235 g/mol. The fraction of sp³-hybridized carbons (Fsp3) is 0.615. The Hall–Kier alpha value is -1.29. The van der Waals surface area contributed by atoms with Gasteiger partial charge in [0, 0.05) is 18.0 Å². The highest BCUT2D eigenvalue weighted by atomic mass is 16.3. The van der Waals surface area contributed by atoms with Gasteiger partial charge in [0.15, 0.2) is 0 Å². The number of aromatic nitrogens is 1. The molecule has 1 heterocycles. The third-order valence-corrected chi connectivity index (χ3v) is 3.72. The summed E-state index contributed by atoms with van der Waals surface area (Å²) in [5, 5.41) is 13.1. The lowest BCUT2D eigenvalue weighted by Gasteiger charge is -2.39. The molecule has 0 bridgehead atoms. The Kier molecular flexibility index (Phi) is 3.52. The van der Waals surface area contributed by atoms with Crippen LogP contribution in [0.1, 0.15) is 32.6 Å². The summed E-state index contributed by atoms with van der Waals surface area (Å²) in [5.41, 5.74) is 6.42. The van der Waals surface area contributed by atoms with Crippen molar-refractivity contribution in [2.75, 3.05) is 17.7 Å². The highest BCUT2D eigenvalue weighted by Gasteiger charge is 2.33. The van der Waals surface area contributed by atoms with E-state index in [4.69, 9.17) is 5.73 Å². The minimum atomic E-state index is -0.180. The van der Waals surface area contributed by atoms with Gasteiger partial charge < -0.3 is 16.2 Å². The van der Waals surface area contributed by atoms with Gasteiger partial charge in [-0.25, -0.2) is 4.98 Å². The topological polar surface area (TPSA) is 71.2 Å². The first-order valence-corrected chi connectivity index (χ1v) is 6.24. The van der Waals surface area contributed by atoms with E-state index in [2.05, 4.69) is 17.2 Å². The van der Waals surface area contributed by atoms with Crippen molar-refractivity contribution in [3.8, 4) is 0 Å². The van der Waals surface area contributed by atoms with Gasteiger partial charge in [0.05, 0.1) is 12.1 Å². The van der Waals surface area contributed by atoms with E-state index in [1.807, 2.05) is 12.1 Å². The standard InChI is InChI=1S/C13H21N3O/c1-10-2-5-13(9-17,6-3-10)16-11-4-7-15-12(14)8-11/h4,7-8,10,17H,2-3,5-6,9H2,1H3,(H3,14,15,16). The molecule has 1 saturated carbocycles. The van der Waals surface area contributed by atoms with Crippen LogP contribution in [0.25, 0.3) is 0 Å². The smallest absolute Gasteiger partial charge is 0.125 e. The van der Waals surface area contributed by atoms with Crippen LogP contribution in [0.2, 0.25) is 0 Å². The molecule has 2 rings (SSSR count). The fourth-order valence-electron chi connectivity index (χ4n) is 2.47. The molecule has 4 N–H and O–H groups in total. The van der Waals surface area contributed by atoms with Gasteiger partial charge >= 0.3 is 0 Å². The molecule has 4 nitrogen and oxygen atoms in total. The molecule has 0 aliphatic heterocycles. The second-order valence-electron chi connectivity index (χ2n) is 5.22. The molecule has 94 valence electrons. The number of hydrogen-bond acceptors (Lipinski definition) is 4. The molecule has 0 atom stereocenters. The van der Waals surface area contributed by atoms with Crippen LogP contribution in [0.5, 0.6) is 0 Å². The average molecular weight is 235 g/mol. The number of aliphatic hydroxyl groups is 1. The van der Waals surface area contributed by atoms with Crippen molar-refractivity contribution in [3.63, 3.8) is 0 Å². The quantitative estimate of drug-likeness (QED) is 0.749. The average Bonchev–Trinajstić information content (AvgIpc) is 2.33. The SMILES string of the molecule is CC1CCC(CO)(Nc2ccnc(N)c2)CC1. The van der Waals surface area contributed by atoms with Gasteiger partial charge in [-0.3, -0.25) is 0 Å². The van der Waals surface area contributed by atoms with Crippen molar-refractivity contribution in [3.05, 3.63) is 18.3 Å². The van der Waals surface area contributed by atoms with E-state index in [1.54, 1.807) is 6.20 Å². The van der Waals surface area contributed by atoms with Gasteiger partial charge in [-0.1, -0.05) is 6.92 Å². The summed E-state index contributed by atoms with van der Waals surface area (Å²) in [6.07, 6.45) is 6.02. The molecular weight excluding hydrogens is 214 g/mol. The van der Waals surface area contributed by atoms with Crippen LogP contribution in [0.4, 0.5) is 11.5 Å². The van der Waals surface area contributed by atoms with Crippen LogP contribution in [-0.4, -0.2) is 22.2 Å². The third-order valence-electron chi connectivity index (χ3n) is 3.72. The van der Waals surface area contributed by atoms with E-state index in [-0.39, 0.29) is 12.1 Å². The highest BCUT2D eigenvalue weighted by molar-refractivity contribution is 5.51. The Morgan fingerprint density at radius 1 is 1.53 bits per heavy atom. The van der Waals surface area contributed by atoms with Gasteiger partial charge in [-0.05, 0) is 37.7 Å². The van der Waals surface area contributed by atoms with Gasteiger partial charge in [0.2, 0.25) is 0 Å². The van der Waals surface area contributed by atoms with E-state index in [9.17, 15) is 5.11 Å². The lowest BCUT2D eigenvalue weighted by Crippen LogP contribution is -2.45. The van der Waals surface area contributed by atoms with Crippen molar-refractivity contribution in [2.24, 2.45) is 5.92 Å². The van der Waals surface area contributed by atoms with Crippen LogP contribution >= 0.6 is 0 Å². The lowest BCUT2D eigenvalue weighted by atomic mass is 9.77. The molecule has 0 amide bonds. The number of pyridine rings is 1. The maximum Gasteiger partial charge on any atom is 0.125 e. The maximum absolute atomic E-state index is 9.65. The zero-order valence-corrected chi connectivity index (χ0v) is 10.3. The minimum absolute atomic E-state index is 0.169. The fourth-order valence-corrected chi connectivity index (χ4v) is 2.47. The Balaban J connectivity index is 2.09. The van der Waals surface area contributed by atoms with Crippen LogP contribution in [-0.2, 0) is 0 Å². The van der Waals surface area contributed by atoms with E-state index in [0.717, 1.165) is 37.3 Å². The van der Waals surface area contributed by atoms with E-state index in [0.29, 0.717) is 5.82 Å². The summed E-state index contributed by atoms with van der Waals surface area (Å²) in [6, 6.07) is 3.71. The van der Waals surface area contributed by atoms with Crippen molar-refractivity contribution >= 4 is 11.5 Å². The zero-order valence-electron chi connectivity index (χ0n) is 10.3. The molecule has 17 heavy (non-hydrogen) atoms. The van der Waals surface area contributed by atoms with E-state index < -0.39 is 0 Å². The van der Waals surface area contributed by atoms with Crippen LogP contribution in [0.3, 0.4) is 0 Å². The van der Waals surface area contributed by atoms with Gasteiger partial charge in [0.25, 0.3) is 0 Å². The lowest BCUT2D eigenvalue weighted by molar-refractivity contribution is 0.155. The number of anilines is 2. The van der Waals surface area contributed by atoms with Crippen LogP contribution < -0.4 is 11.1 Å². The van der Waals surface area contributed by atoms with Gasteiger partial charge in [0.1, 0.15) is 5.82 Å². The van der Waals surface area contributed by atoms with Crippen molar-refractivity contribution in [2.45, 2.75) is 38.1 Å². The summed E-state index contributed by atoms with van der Waals surface area (Å²) in [7, 11) is 0. The van der Waals surface area contributed by atoms with E-state index >= 15 is 0 Å². The molecule has 1 aromatic heterocycles. The summed E-state index contributed by atoms with van der Waals surface area (Å²) in [6.45, 7) is 2.44. The Labute approximate surface area is 102 Å². The first kappa shape index (κ1) is 12.2. The molecule has 4 heteroatoms. The molecule has 1 aliphatic carbocycles. The number of hydrogen-bond donors (Lipinski definition) is 3. The largest absolute Gasteiger partial charge is 0.394 e. The number of nitrogens with two attached hydrogens (primary N) is 1. The number of nitrogens with zero attached hydrogens (tertiary/aromatic N) is 1. The molecule has 0 saturated heterocycles. The molecule has 0 radical (unpaired) electrons.